The lowest BCUT2D eigenvalue weighted by atomic mass is 10.1. The Balaban J connectivity index is 1.54. The van der Waals surface area contributed by atoms with E-state index in [0.717, 1.165) is 4.90 Å². The van der Waals surface area contributed by atoms with Gasteiger partial charge in [-0.15, -0.1) is 0 Å². The van der Waals surface area contributed by atoms with Gasteiger partial charge in [-0.2, -0.15) is 0 Å². The van der Waals surface area contributed by atoms with Gasteiger partial charge < -0.3 is 15.4 Å². The van der Waals surface area contributed by atoms with E-state index in [-0.39, 0.29) is 17.0 Å². The summed E-state index contributed by atoms with van der Waals surface area (Å²) in [5.41, 5.74) is 1.46. The molecule has 0 saturated carbocycles. The lowest BCUT2D eigenvalue weighted by Crippen LogP contribution is -2.44. The number of benzene rings is 2. The third kappa shape index (κ3) is 4.35. The average Bonchev–Trinajstić information content (AvgIpc) is 2.97. The monoisotopic (exact) mass is 409 g/mol. The zero-order valence-electron chi connectivity index (χ0n) is 16.3. The van der Waals surface area contributed by atoms with Crippen molar-refractivity contribution >= 4 is 41.0 Å². The number of hydrogen-bond donors (Lipinski definition) is 2. The van der Waals surface area contributed by atoms with Gasteiger partial charge in [0.15, 0.2) is 6.61 Å². The highest BCUT2D eigenvalue weighted by Gasteiger charge is 2.41. The molecule has 4 amide bonds. The molecule has 0 bridgehead atoms. The molecular weight excluding hydrogens is 390 g/mol. The third-order valence-electron chi connectivity index (χ3n) is 4.39. The maximum atomic E-state index is 12.4. The molecule has 30 heavy (non-hydrogen) atoms. The van der Waals surface area contributed by atoms with E-state index in [1.165, 1.54) is 26.0 Å². The van der Waals surface area contributed by atoms with Gasteiger partial charge in [0.05, 0.1) is 11.1 Å². The van der Waals surface area contributed by atoms with Crippen molar-refractivity contribution < 1.29 is 28.7 Å². The molecule has 0 radical (unpaired) electrons. The molecule has 0 unspecified atom stereocenters. The van der Waals surface area contributed by atoms with Crippen molar-refractivity contribution in [2.45, 2.75) is 19.9 Å². The van der Waals surface area contributed by atoms with E-state index in [4.69, 9.17) is 4.74 Å². The summed E-state index contributed by atoms with van der Waals surface area (Å²) < 4.78 is 4.97. The van der Waals surface area contributed by atoms with Gasteiger partial charge >= 0.3 is 5.97 Å². The third-order valence-corrected chi connectivity index (χ3v) is 4.39. The van der Waals surface area contributed by atoms with Gasteiger partial charge in [0.25, 0.3) is 17.7 Å². The fourth-order valence-electron chi connectivity index (χ4n) is 2.96. The predicted octanol–water partition coefficient (Wildman–Crippen LogP) is 1.81. The largest absolute Gasteiger partial charge is 0.454 e. The fraction of sp³-hybridized carbons (Fsp3) is 0.190. The molecule has 0 aromatic heterocycles. The minimum Gasteiger partial charge on any atom is -0.454 e. The zero-order valence-corrected chi connectivity index (χ0v) is 16.3. The molecule has 2 aromatic rings. The Morgan fingerprint density at radius 2 is 1.40 bits per heavy atom. The van der Waals surface area contributed by atoms with Gasteiger partial charge in [-0.05, 0) is 43.3 Å². The van der Waals surface area contributed by atoms with Crippen LogP contribution in [0.3, 0.4) is 0 Å². The molecule has 2 aromatic carbocycles. The Morgan fingerprint density at radius 1 is 0.900 bits per heavy atom. The van der Waals surface area contributed by atoms with Gasteiger partial charge in [-0.25, -0.2) is 4.79 Å². The van der Waals surface area contributed by atoms with Crippen molar-refractivity contribution in [2.75, 3.05) is 17.2 Å². The molecule has 1 aliphatic rings. The first-order valence-corrected chi connectivity index (χ1v) is 9.09. The van der Waals surface area contributed by atoms with Crippen LogP contribution in [0.25, 0.3) is 0 Å². The molecule has 0 saturated heterocycles. The molecule has 0 fully saturated rings. The van der Waals surface area contributed by atoms with Crippen molar-refractivity contribution in [2.24, 2.45) is 0 Å². The highest BCUT2D eigenvalue weighted by molar-refractivity contribution is 6.22. The van der Waals surface area contributed by atoms with E-state index in [2.05, 4.69) is 10.6 Å². The highest BCUT2D eigenvalue weighted by atomic mass is 16.5. The number of hydrogen-bond acceptors (Lipinski definition) is 6. The smallest absolute Gasteiger partial charge is 0.329 e. The Kier molecular flexibility index (Phi) is 5.91. The number of amides is 4. The number of imide groups is 1. The van der Waals surface area contributed by atoms with E-state index in [1.807, 2.05) is 0 Å². The lowest BCUT2D eigenvalue weighted by molar-refractivity contribution is -0.150. The second kappa shape index (κ2) is 8.56. The first-order valence-electron chi connectivity index (χ1n) is 9.09. The summed E-state index contributed by atoms with van der Waals surface area (Å²) in [5.74, 6) is -2.84. The maximum Gasteiger partial charge on any atom is 0.329 e. The summed E-state index contributed by atoms with van der Waals surface area (Å²) in [6, 6.07) is 11.5. The standard InChI is InChI=1S/C21H19N3O6/c1-12(24-19(27)16-5-3-4-6-17(16)20(24)28)21(29)30-11-18(26)23-15-9-7-14(8-10-15)22-13(2)25/h3-10,12H,11H2,1-2H3,(H,22,25)(H,23,26)/t12-/m1/s1. The van der Waals surface area contributed by atoms with Crippen molar-refractivity contribution in [3.05, 3.63) is 59.7 Å². The molecule has 0 spiro atoms. The van der Waals surface area contributed by atoms with E-state index >= 15 is 0 Å². The molecule has 2 N–H and O–H groups in total. The number of ether oxygens (including phenoxy) is 1. The number of fused-ring (bicyclic) bond motifs is 1. The van der Waals surface area contributed by atoms with Gasteiger partial charge in [0.2, 0.25) is 5.91 Å². The van der Waals surface area contributed by atoms with Crippen molar-refractivity contribution in [1.82, 2.24) is 4.90 Å². The minimum absolute atomic E-state index is 0.217. The Morgan fingerprint density at radius 3 is 1.90 bits per heavy atom. The first-order chi connectivity index (χ1) is 14.3. The number of esters is 1. The van der Waals surface area contributed by atoms with Crippen LogP contribution in [0.2, 0.25) is 0 Å². The average molecular weight is 409 g/mol. The topological polar surface area (TPSA) is 122 Å². The Labute approximate surface area is 172 Å². The maximum absolute atomic E-state index is 12.4. The molecule has 1 aliphatic heterocycles. The number of carbonyl (C=O) groups is 5. The number of nitrogens with zero attached hydrogens (tertiary/aromatic N) is 1. The van der Waals surface area contributed by atoms with E-state index in [0.29, 0.717) is 11.4 Å². The summed E-state index contributed by atoms with van der Waals surface area (Å²) in [6.07, 6.45) is 0. The van der Waals surface area contributed by atoms with Gasteiger partial charge in [0, 0.05) is 18.3 Å². The summed E-state index contributed by atoms with van der Waals surface area (Å²) in [7, 11) is 0. The molecule has 3 rings (SSSR count). The predicted molar refractivity (Wildman–Crippen MR) is 107 cm³/mol. The van der Waals surface area contributed by atoms with Crippen molar-refractivity contribution in [1.29, 1.82) is 0 Å². The summed E-state index contributed by atoms with van der Waals surface area (Å²) in [4.78, 5) is 61.0. The van der Waals surface area contributed by atoms with E-state index < -0.39 is 36.3 Å². The summed E-state index contributed by atoms with van der Waals surface area (Å²) in [6.45, 7) is 2.16. The second-order valence-electron chi connectivity index (χ2n) is 6.62. The van der Waals surface area contributed by atoms with Crippen LogP contribution in [-0.4, -0.2) is 47.1 Å². The minimum atomic E-state index is -1.18. The Hall–Kier alpha value is -4.01. The van der Waals surface area contributed by atoms with Crippen LogP contribution in [0.5, 0.6) is 0 Å². The first kappa shape index (κ1) is 20.7. The number of anilines is 2. The molecule has 9 heteroatoms. The van der Waals surface area contributed by atoms with E-state index in [9.17, 15) is 24.0 Å². The summed E-state index contributed by atoms with van der Waals surface area (Å²) >= 11 is 0. The van der Waals surface area contributed by atoms with Gasteiger partial charge in [0.1, 0.15) is 6.04 Å². The number of rotatable bonds is 6. The number of carbonyl (C=O) groups excluding carboxylic acids is 5. The molecule has 0 aliphatic carbocycles. The molecule has 1 heterocycles. The van der Waals surface area contributed by atoms with Crippen molar-refractivity contribution in [3.8, 4) is 0 Å². The highest BCUT2D eigenvalue weighted by Crippen LogP contribution is 2.24. The molecule has 1 atom stereocenters. The normalized spacial score (nSPS) is 13.5. The van der Waals surface area contributed by atoms with Gasteiger partial charge in [-0.1, -0.05) is 12.1 Å². The number of nitrogens with one attached hydrogen (secondary N) is 2. The SMILES string of the molecule is CC(=O)Nc1ccc(NC(=O)COC(=O)[C@@H](C)N2C(=O)c3ccccc3C2=O)cc1. The molecule has 154 valence electrons. The quantitative estimate of drug-likeness (QED) is 0.554. The van der Waals surface area contributed by atoms with Crippen LogP contribution >= 0.6 is 0 Å². The van der Waals surface area contributed by atoms with Crippen molar-refractivity contribution in [3.63, 3.8) is 0 Å². The van der Waals surface area contributed by atoms with E-state index in [1.54, 1.807) is 36.4 Å². The van der Waals surface area contributed by atoms with Gasteiger partial charge in [-0.3, -0.25) is 24.1 Å². The van der Waals surface area contributed by atoms with Crippen LogP contribution in [-0.2, 0) is 19.1 Å². The fourth-order valence-corrected chi connectivity index (χ4v) is 2.96. The van der Waals surface area contributed by atoms with Crippen LogP contribution in [0, 0.1) is 0 Å². The zero-order chi connectivity index (χ0) is 21.8. The summed E-state index contributed by atoms with van der Waals surface area (Å²) in [5, 5.41) is 5.14. The van der Waals surface area contributed by atoms with Crippen LogP contribution in [0.15, 0.2) is 48.5 Å². The second-order valence-corrected chi connectivity index (χ2v) is 6.62. The van der Waals surface area contributed by atoms with Crippen LogP contribution in [0.1, 0.15) is 34.6 Å². The van der Waals surface area contributed by atoms with Crippen LogP contribution < -0.4 is 10.6 Å². The molecule has 9 nitrogen and oxygen atoms in total. The molecular formula is C21H19N3O6. The lowest BCUT2D eigenvalue weighted by Gasteiger charge is -2.20. The van der Waals surface area contributed by atoms with Crippen LogP contribution in [0.4, 0.5) is 11.4 Å². The Bertz CT molecular complexity index is 996.